The monoisotopic (exact) mass is 557 g/mol. The van der Waals surface area contributed by atoms with Crippen molar-refractivity contribution in [3.8, 4) is 0 Å². The summed E-state index contributed by atoms with van der Waals surface area (Å²) in [5.41, 5.74) is 2.51. The van der Waals surface area contributed by atoms with Gasteiger partial charge in [0.25, 0.3) is 5.91 Å². The van der Waals surface area contributed by atoms with Crippen LogP contribution in [0.2, 0.25) is 0 Å². The van der Waals surface area contributed by atoms with Crippen LogP contribution >= 0.6 is 0 Å². The van der Waals surface area contributed by atoms with Crippen LogP contribution in [0.5, 0.6) is 0 Å². The van der Waals surface area contributed by atoms with Gasteiger partial charge in [0, 0.05) is 6.92 Å². The first-order chi connectivity index (χ1) is 18.9. The SMILES string of the molecule is CC=C(C)C=C(C)CC(CC)C(O)CC=CC=CC(O)CCCC=C(C)C(O)=C1C(=O)NC(COC(C)=O)C1=O. The molecule has 0 saturated carbocycles. The first-order valence-electron chi connectivity index (χ1n) is 14.0. The summed E-state index contributed by atoms with van der Waals surface area (Å²) in [4.78, 5) is 35.5. The van der Waals surface area contributed by atoms with Crippen LogP contribution in [0.3, 0.4) is 0 Å². The quantitative estimate of drug-likeness (QED) is 0.0518. The van der Waals surface area contributed by atoms with Crippen LogP contribution in [-0.2, 0) is 19.1 Å². The summed E-state index contributed by atoms with van der Waals surface area (Å²) in [5.74, 6) is -2.10. The molecule has 1 rings (SSSR count). The van der Waals surface area contributed by atoms with Crippen LogP contribution in [0.4, 0.5) is 0 Å². The molecule has 4 N–H and O–H groups in total. The largest absolute Gasteiger partial charge is 0.507 e. The second-order valence-electron chi connectivity index (χ2n) is 10.3. The number of aliphatic hydroxyl groups excluding tert-OH is 3. The zero-order valence-electron chi connectivity index (χ0n) is 24.8. The molecule has 0 aromatic rings. The van der Waals surface area contributed by atoms with Crippen LogP contribution in [0.25, 0.3) is 0 Å². The van der Waals surface area contributed by atoms with Crippen molar-refractivity contribution < 1.29 is 34.4 Å². The van der Waals surface area contributed by atoms with Gasteiger partial charge in [-0.1, -0.05) is 67.0 Å². The van der Waals surface area contributed by atoms with Gasteiger partial charge in [-0.05, 0) is 71.3 Å². The number of esters is 1. The maximum atomic E-state index is 12.4. The molecule has 8 heteroatoms. The summed E-state index contributed by atoms with van der Waals surface area (Å²) in [7, 11) is 0. The minimum absolute atomic E-state index is 0.190. The third-order valence-electron chi connectivity index (χ3n) is 6.85. The van der Waals surface area contributed by atoms with Crippen molar-refractivity contribution in [1.29, 1.82) is 0 Å². The predicted molar refractivity (Wildman–Crippen MR) is 157 cm³/mol. The first-order valence-corrected chi connectivity index (χ1v) is 14.0. The van der Waals surface area contributed by atoms with E-state index in [-0.39, 0.29) is 18.1 Å². The van der Waals surface area contributed by atoms with E-state index < -0.39 is 41.7 Å². The highest BCUT2D eigenvalue weighted by Gasteiger charge is 2.39. The molecule has 1 fully saturated rings. The fourth-order valence-corrected chi connectivity index (χ4v) is 4.34. The van der Waals surface area contributed by atoms with Gasteiger partial charge in [0.15, 0.2) is 5.78 Å². The van der Waals surface area contributed by atoms with E-state index in [4.69, 9.17) is 4.74 Å². The minimum Gasteiger partial charge on any atom is -0.507 e. The third kappa shape index (κ3) is 12.3. The van der Waals surface area contributed by atoms with Gasteiger partial charge in [-0.2, -0.15) is 0 Å². The van der Waals surface area contributed by atoms with Gasteiger partial charge in [-0.3, -0.25) is 14.4 Å². The highest BCUT2D eigenvalue weighted by atomic mass is 16.5. The van der Waals surface area contributed by atoms with E-state index in [0.717, 1.165) is 12.8 Å². The fourth-order valence-electron chi connectivity index (χ4n) is 4.34. The van der Waals surface area contributed by atoms with Crippen molar-refractivity contribution >= 4 is 17.7 Å². The molecule has 0 aromatic carbocycles. The number of carbonyl (C=O) groups is 3. The number of hydrogen-bond donors (Lipinski definition) is 4. The van der Waals surface area contributed by atoms with Crippen LogP contribution in [0, 0.1) is 5.92 Å². The topological polar surface area (TPSA) is 133 Å². The van der Waals surface area contributed by atoms with E-state index in [1.807, 2.05) is 19.1 Å². The third-order valence-corrected chi connectivity index (χ3v) is 6.85. The number of aliphatic hydroxyl groups is 3. The number of hydrogen-bond acceptors (Lipinski definition) is 7. The molecular formula is C32H47NO7. The summed E-state index contributed by atoms with van der Waals surface area (Å²) < 4.78 is 4.79. The Morgan fingerprint density at radius 3 is 2.45 bits per heavy atom. The summed E-state index contributed by atoms with van der Waals surface area (Å²) >= 11 is 0. The molecule has 222 valence electrons. The zero-order valence-corrected chi connectivity index (χ0v) is 24.8. The number of Topliss-reactive ketones (excluding diaryl/α,β-unsaturated/α-hetero) is 1. The number of unbranched alkanes of at least 4 members (excludes halogenated alkanes) is 1. The van der Waals surface area contributed by atoms with Crippen molar-refractivity contribution in [2.45, 2.75) is 98.3 Å². The Balaban J connectivity index is 2.51. The molecule has 4 atom stereocenters. The zero-order chi connectivity index (χ0) is 30.2. The first kappa shape index (κ1) is 34.8. The molecule has 1 aliphatic rings. The molecule has 0 bridgehead atoms. The van der Waals surface area contributed by atoms with E-state index in [1.54, 1.807) is 25.2 Å². The molecule has 0 spiro atoms. The molecular weight excluding hydrogens is 510 g/mol. The van der Waals surface area contributed by atoms with Crippen LogP contribution in [0.1, 0.15) is 80.1 Å². The van der Waals surface area contributed by atoms with Gasteiger partial charge >= 0.3 is 5.97 Å². The number of ether oxygens (including phenoxy) is 1. The highest BCUT2D eigenvalue weighted by molar-refractivity contribution is 6.27. The van der Waals surface area contributed by atoms with Crippen LogP contribution in [0.15, 0.2) is 70.6 Å². The van der Waals surface area contributed by atoms with Crippen molar-refractivity contribution in [2.75, 3.05) is 6.61 Å². The molecule has 1 heterocycles. The molecule has 4 unspecified atom stereocenters. The Labute approximate surface area is 238 Å². The van der Waals surface area contributed by atoms with Crippen LogP contribution < -0.4 is 5.32 Å². The number of rotatable bonds is 16. The van der Waals surface area contributed by atoms with Gasteiger partial charge in [-0.25, -0.2) is 0 Å². The lowest BCUT2D eigenvalue weighted by atomic mass is 9.89. The molecule has 40 heavy (non-hydrogen) atoms. The summed E-state index contributed by atoms with van der Waals surface area (Å²) in [6.45, 7) is 10.8. The summed E-state index contributed by atoms with van der Waals surface area (Å²) in [6.07, 6.45) is 16.0. The lowest BCUT2D eigenvalue weighted by Gasteiger charge is -2.21. The van der Waals surface area contributed by atoms with Crippen LogP contribution in [-0.4, -0.2) is 57.8 Å². The van der Waals surface area contributed by atoms with E-state index in [2.05, 4.69) is 38.2 Å². The van der Waals surface area contributed by atoms with E-state index >= 15 is 0 Å². The Bertz CT molecular complexity index is 1060. The molecule has 0 aromatic heterocycles. The van der Waals surface area contributed by atoms with Gasteiger partial charge in [0.05, 0.1) is 12.2 Å². The molecule has 8 nitrogen and oxygen atoms in total. The molecule has 1 amide bonds. The average molecular weight is 558 g/mol. The van der Waals surface area contributed by atoms with Gasteiger partial charge in [0.2, 0.25) is 0 Å². The number of ketones is 1. The smallest absolute Gasteiger partial charge is 0.302 e. The summed E-state index contributed by atoms with van der Waals surface area (Å²) in [6, 6.07) is -1.01. The number of nitrogens with one attached hydrogen (secondary N) is 1. The lowest BCUT2D eigenvalue weighted by Crippen LogP contribution is -2.34. The van der Waals surface area contributed by atoms with Crippen molar-refractivity contribution in [3.05, 3.63) is 70.6 Å². The molecule has 1 saturated heterocycles. The highest BCUT2D eigenvalue weighted by Crippen LogP contribution is 2.23. The Kier molecular flexibility index (Phi) is 15.8. The number of allylic oxidation sites excluding steroid dienone is 8. The molecule has 0 aliphatic carbocycles. The summed E-state index contributed by atoms with van der Waals surface area (Å²) in [5, 5.41) is 33.7. The second-order valence-corrected chi connectivity index (χ2v) is 10.3. The van der Waals surface area contributed by atoms with Gasteiger partial charge in [0.1, 0.15) is 24.0 Å². The van der Waals surface area contributed by atoms with Crippen molar-refractivity contribution in [2.24, 2.45) is 5.92 Å². The van der Waals surface area contributed by atoms with E-state index in [9.17, 15) is 29.7 Å². The van der Waals surface area contributed by atoms with Gasteiger partial charge in [-0.15, -0.1) is 0 Å². The predicted octanol–water partition coefficient (Wildman–Crippen LogP) is 5.10. The normalized spacial score (nSPS) is 20.7. The Morgan fingerprint density at radius 2 is 1.82 bits per heavy atom. The maximum Gasteiger partial charge on any atom is 0.302 e. The van der Waals surface area contributed by atoms with E-state index in [0.29, 0.717) is 31.3 Å². The van der Waals surface area contributed by atoms with E-state index in [1.165, 1.54) is 18.1 Å². The van der Waals surface area contributed by atoms with Crippen molar-refractivity contribution in [1.82, 2.24) is 5.32 Å². The number of amides is 1. The van der Waals surface area contributed by atoms with Crippen molar-refractivity contribution in [3.63, 3.8) is 0 Å². The number of carbonyl (C=O) groups excluding carboxylic acids is 3. The Hall–Kier alpha value is -3.23. The minimum atomic E-state index is -1.01. The van der Waals surface area contributed by atoms with Gasteiger partial charge < -0.3 is 25.4 Å². The fraction of sp³-hybridized carbons (Fsp3) is 0.531. The maximum absolute atomic E-state index is 12.4. The Morgan fingerprint density at radius 1 is 1.12 bits per heavy atom. The second kappa shape index (κ2) is 18.2. The lowest BCUT2D eigenvalue weighted by molar-refractivity contribution is -0.142. The average Bonchev–Trinajstić information content (AvgIpc) is 3.19. The molecule has 0 radical (unpaired) electrons. The molecule has 1 aliphatic heterocycles. The standard InChI is InChI=1S/C32H47NO7/c1-7-21(3)18-22(4)19-25(8-2)28(36)17-11-9-10-15-26(35)16-13-12-14-23(5)30(37)29-31(38)27(33-32(29)39)20-40-24(6)34/h7,9-11,14-15,18,25-28,35-37H,8,12-13,16-17,19-20H2,1-6H3,(H,33,39).